The Morgan fingerprint density at radius 2 is 0.880 bits per heavy atom. The predicted molar refractivity (Wildman–Crippen MR) is 199 cm³/mol. The number of amides is 2. The molecule has 0 aliphatic carbocycles. The van der Waals surface area contributed by atoms with E-state index in [0.717, 1.165) is 22.3 Å². The molecule has 258 valence electrons. The number of hydrogen-bond donors (Lipinski definition) is 2. The van der Waals surface area contributed by atoms with Crippen molar-refractivity contribution >= 4 is 92.5 Å². The van der Waals surface area contributed by atoms with Crippen LogP contribution in [-0.4, -0.2) is 35.5 Å². The lowest BCUT2D eigenvalue weighted by Gasteiger charge is -2.13. The first-order valence-corrected chi connectivity index (χ1v) is 16.6. The largest absolute Gasteiger partial charge is 0.324 e. The van der Waals surface area contributed by atoms with Crippen LogP contribution in [0.2, 0.25) is 20.1 Å². The van der Waals surface area contributed by atoms with Crippen molar-refractivity contribution in [3.8, 4) is 11.1 Å². The van der Waals surface area contributed by atoms with Gasteiger partial charge in [0, 0.05) is 21.4 Å². The van der Waals surface area contributed by atoms with Gasteiger partial charge in [0.15, 0.2) is 11.6 Å². The summed E-state index contributed by atoms with van der Waals surface area (Å²) in [5.41, 5.74) is 5.82. The van der Waals surface area contributed by atoms with Crippen LogP contribution < -0.4 is 10.6 Å². The van der Waals surface area contributed by atoms with E-state index in [4.69, 9.17) is 46.4 Å². The van der Waals surface area contributed by atoms with Gasteiger partial charge in [0.1, 0.15) is 11.4 Å². The summed E-state index contributed by atoms with van der Waals surface area (Å²) in [6.45, 7) is 9.68. The number of Topliss-reactive ketones (excluding diaryl/α,β-unsaturated/α-hetero) is 2. The van der Waals surface area contributed by atoms with E-state index in [0.29, 0.717) is 32.5 Å². The van der Waals surface area contributed by atoms with Gasteiger partial charge in [-0.3, -0.25) is 19.2 Å². The first-order valence-electron chi connectivity index (χ1n) is 15.1. The first-order chi connectivity index (χ1) is 23.5. The van der Waals surface area contributed by atoms with E-state index in [9.17, 15) is 19.2 Å². The SMILES string of the molecule is CC(=O)C(N=Nc1ccc(-c2ccc(N=NC(C(C)=O)C(=O)Nc3cc(C)c(Cl)cc3C)c(Cl)c2)cc1Cl)C(=O)Nc1cc(C)c(Cl)cc1C. The summed E-state index contributed by atoms with van der Waals surface area (Å²) < 4.78 is 0. The molecule has 2 atom stereocenters. The molecule has 0 aliphatic heterocycles. The van der Waals surface area contributed by atoms with Crippen molar-refractivity contribution in [2.75, 3.05) is 10.6 Å². The van der Waals surface area contributed by atoms with E-state index in [-0.39, 0.29) is 21.4 Å². The van der Waals surface area contributed by atoms with Gasteiger partial charge in [0.2, 0.25) is 12.1 Å². The molecular weight excluding hydrogens is 722 g/mol. The molecule has 2 amide bonds. The molecule has 0 saturated heterocycles. The van der Waals surface area contributed by atoms with Crippen molar-refractivity contribution in [1.29, 1.82) is 0 Å². The number of benzene rings is 4. The molecule has 0 heterocycles. The van der Waals surface area contributed by atoms with Crippen LogP contribution in [0.25, 0.3) is 11.1 Å². The molecule has 0 spiro atoms. The van der Waals surface area contributed by atoms with Crippen LogP contribution in [0.1, 0.15) is 36.1 Å². The van der Waals surface area contributed by atoms with Crippen molar-refractivity contribution in [1.82, 2.24) is 0 Å². The molecule has 0 saturated carbocycles. The number of anilines is 2. The Kier molecular flexibility index (Phi) is 12.6. The van der Waals surface area contributed by atoms with Crippen LogP contribution in [0.15, 0.2) is 81.1 Å². The van der Waals surface area contributed by atoms with Gasteiger partial charge >= 0.3 is 0 Å². The third-order valence-electron chi connectivity index (χ3n) is 7.58. The number of carbonyl (C=O) groups excluding carboxylic acids is 4. The molecule has 0 aromatic heterocycles. The molecule has 4 rings (SSSR count). The average Bonchev–Trinajstić information content (AvgIpc) is 3.03. The van der Waals surface area contributed by atoms with E-state index in [1.54, 1.807) is 88.4 Å². The highest BCUT2D eigenvalue weighted by atomic mass is 35.5. The maximum Gasteiger partial charge on any atom is 0.258 e. The Hall–Kier alpha value is -4.48. The number of halogens is 4. The minimum atomic E-state index is -1.40. The Bertz CT molecular complexity index is 1940. The number of rotatable bonds is 11. The van der Waals surface area contributed by atoms with E-state index in [1.807, 2.05) is 0 Å². The molecule has 10 nitrogen and oxygen atoms in total. The van der Waals surface area contributed by atoms with E-state index >= 15 is 0 Å². The Labute approximate surface area is 309 Å². The molecule has 4 aromatic rings. The summed E-state index contributed by atoms with van der Waals surface area (Å²) >= 11 is 25.3. The second-order valence-corrected chi connectivity index (χ2v) is 13.2. The topological polar surface area (TPSA) is 142 Å². The van der Waals surface area contributed by atoms with Crippen LogP contribution >= 0.6 is 46.4 Å². The molecule has 0 fully saturated rings. The summed E-state index contributed by atoms with van der Waals surface area (Å²) in [6.07, 6.45) is 0. The van der Waals surface area contributed by atoms with Crippen LogP contribution in [0.3, 0.4) is 0 Å². The van der Waals surface area contributed by atoms with Crippen molar-refractivity contribution in [3.05, 3.63) is 103 Å². The highest BCUT2D eigenvalue weighted by Crippen LogP contribution is 2.35. The third kappa shape index (κ3) is 9.39. The van der Waals surface area contributed by atoms with Gasteiger partial charge in [-0.2, -0.15) is 20.5 Å². The highest BCUT2D eigenvalue weighted by Gasteiger charge is 2.25. The number of nitrogens with zero attached hydrogens (tertiary/aromatic N) is 4. The highest BCUT2D eigenvalue weighted by molar-refractivity contribution is 6.34. The standard InChI is InChI=1S/C36H32Cl4N6O4/c1-17-13-31(19(3)11-25(17)37)41-35(49)33(21(5)47)45-43-29-9-7-23(15-27(29)39)24-8-10-30(28(40)16-24)44-46-34(22(6)48)36(50)42-32-14-18(2)26(38)12-20(32)4/h7-16,33-34H,1-6H3,(H,41,49)(H,42,50). The number of azo groups is 2. The molecule has 4 aromatic carbocycles. The predicted octanol–water partition coefficient (Wildman–Crippen LogP) is 10.6. The summed E-state index contributed by atoms with van der Waals surface area (Å²) in [5.74, 6) is -2.30. The van der Waals surface area contributed by atoms with Gasteiger partial charge < -0.3 is 10.6 Å². The maximum absolute atomic E-state index is 12.9. The zero-order valence-corrected chi connectivity index (χ0v) is 30.9. The second kappa shape index (κ2) is 16.5. The molecule has 14 heteroatoms. The van der Waals surface area contributed by atoms with Crippen LogP contribution in [0.5, 0.6) is 0 Å². The lowest BCUT2D eigenvalue weighted by atomic mass is 10.0. The number of carbonyl (C=O) groups is 4. The summed E-state index contributed by atoms with van der Waals surface area (Å²) in [5, 5.41) is 23.1. The zero-order chi connectivity index (χ0) is 36.9. The minimum absolute atomic E-state index is 0.208. The van der Waals surface area contributed by atoms with Crippen molar-refractivity contribution in [2.45, 2.75) is 53.6 Å². The fraction of sp³-hybridized carbons (Fsp3) is 0.222. The molecule has 0 bridgehead atoms. The van der Waals surface area contributed by atoms with Crippen molar-refractivity contribution < 1.29 is 19.2 Å². The van der Waals surface area contributed by atoms with Crippen LogP contribution in [0.4, 0.5) is 22.7 Å². The minimum Gasteiger partial charge on any atom is -0.324 e. The fourth-order valence-corrected chi connectivity index (χ4v) is 5.52. The normalized spacial score (nSPS) is 12.6. The molecule has 0 radical (unpaired) electrons. The molecule has 50 heavy (non-hydrogen) atoms. The average molecular weight is 755 g/mol. The zero-order valence-electron chi connectivity index (χ0n) is 27.9. The van der Waals surface area contributed by atoms with Crippen LogP contribution in [0, 0.1) is 27.7 Å². The van der Waals surface area contributed by atoms with Gasteiger partial charge in [0.25, 0.3) is 11.8 Å². The third-order valence-corrected chi connectivity index (χ3v) is 9.00. The smallest absolute Gasteiger partial charge is 0.258 e. The van der Waals surface area contributed by atoms with E-state index in [2.05, 4.69) is 31.1 Å². The monoisotopic (exact) mass is 752 g/mol. The maximum atomic E-state index is 12.9. The van der Waals surface area contributed by atoms with E-state index in [1.165, 1.54) is 13.8 Å². The van der Waals surface area contributed by atoms with Gasteiger partial charge in [-0.25, -0.2) is 0 Å². The molecular formula is C36H32Cl4N6O4. The quantitative estimate of drug-likeness (QED) is 0.116. The van der Waals surface area contributed by atoms with Crippen molar-refractivity contribution in [3.63, 3.8) is 0 Å². The molecule has 2 N–H and O–H groups in total. The summed E-state index contributed by atoms with van der Waals surface area (Å²) in [4.78, 5) is 50.5. The lowest BCUT2D eigenvalue weighted by Crippen LogP contribution is -2.32. The number of nitrogens with one attached hydrogen (secondary N) is 2. The Morgan fingerprint density at radius 3 is 1.20 bits per heavy atom. The Morgan fingerprint density at radius 1 is 0.520 bits per heavy atom. The Balaban J connectivity index is 1.48. The van der Waals surface area contributed by atoms with Gasteiger partial charge in [-0.15, -0.1) is 0 Å². The second-order valence-electron chi connectivity index (χ2n) is 11.6. The summed E-state index contributed by atoms with van der Waals surface area (Å²) in [6, 6.07) is 13.9. The van der Waals surface area contributed by atoms with Gasteiger partial charge in [-0.1, -0.05) is 58.5 Å². The molecule has 0 aliphatic rings. The van der Waals surface area contributed by atoms with Crippen molar-refractivity contribution in [2.24, 2.45) is 20.5 Å². The number of aryl methyl sites for hydroxylation is 4. The molecule has 2 unspecified atom stereocenters. The first kappa shape index (κ1) is 38.3. The van der Waals surface area contributed by atoms with Gasteiger partial charge in [0.05, 0.1) is 10.0 Å². The number of hydrogen-bond acceptors (Lipinski definition) is 8. The summed E-state index contributed by atoms with van der Waals surface area (Å²) in [7, 11) is 0. The van der Waals surface area contributed by atoms with E-state index < -0.39 is 35.5 Å². The lowest BCUT2D eigenvalue weighted by molar-refractivity contribution is -0.127. The fourth-order valence-electron chi connectivity index (χ4n) is 4.65. The number of ketones is 2. The van der Waals surface area contributed by atoms with Crippen LogP contribution in [-0.2, 0) is 19.2 Å². The van der Waals surface area contributed by atoms with Gasteiger partial charge in [-0.05, 0) is 123 Å².